The van der Waals surface area contributed by atoms with Gasteiger partial charge in [0.15, 0.2) is 0 Å². The Bertz CT molecular complexity index is 470. The Morgan fingerprint density at radius 3 is 2.35 bits per heavy atom. The Labute approximate surface area is 102 Å². The van der Waals surface area contributed by atoms with E-state index < -0.39 is 0 Å². The van der Waals surface area contributed by atoms with E-state index in [0.717, 1.165) is 18.7 Å². The fourth-order valence-corrected chi connectivity index (χ4v) is 2.11. The lowest BCUT2D eigenvalue weighted by Gasteiger charge is -2.17. The van der Waals surface area contributed by atoms with Gasteiger partial charge in [0.1, 0.15) is 5.82 Å². The number of nitrogens with two attached hydrogens (primary N) is 1. The van der Waals surface area contributed by atoms with Gasteiger partial charge in [-0.15, -0.1) is 0 Å². The van der Waals surface area contributed by atoms with Gasteiger partial charge in [-0.2, -0.15) is 5.10 Å². The highest BCUT2D eigenvalue weighted by Crippen LogP contribution is 2.24. The molecule has 17 heavy (non-hydrogen) atoms. The summed E-state index contributed by atoms with van der Waals surface area (Å²) in [6, 6.07) is 10.8. The Morgan fingerprint density at radius 1 is 1.18 bits per heavy atom. The average Bonchev–Trinajstić information content (AvgIpc) is 2.78. The summed E-state index contributed by atoms with van der Waals surface area (Å²) < 4.78 is 1.89. The topological polar surface area (TPSA) is 43.8 Å². The highest BCUT2D eigenvalue weighted by atomic mass is 15.3. The van der Waals surface area contributed by atoms with E-state index in [-0.39, 0.29) is 6.04 Å². The molecule has 1 aromatic carbocycles. The van der Waals surface area contributed by atoms with Crippen molar-refractivity contribution in [2.24, 2.45) is 0 Å². The molecule has 0 amide bonds. The lowest BCUT2D eigenvalue weighted by molar-refractivity contribution is 0.516. The maximum Gasteiger partial charge on any atom is 0.122 e. The van der Waals surface area contributed by atoms with Crippen molar-refractivity contribution in [3.63, 3.8) is 0 Å². The van der Waals surface area contributed by atoms with Crippen molar-refractivity contribution in [2.75, 3.05) is 5.73 Å². The molecule has 1 aromatic heterocycles. The van der Waals surface area contributed by atoms with Crippen LogP contribution in [0, 0.1) is 0 Å². The summed E-state index contributed by atoms with van der Waals surface area (Å²) in [5, 5.41) is 4.30. The lowest BCUT2D eigenvalue weighted by Crippen LogP contribution is -2.13. The van der Waals surface area contributed by atoms with Crippen molar-refractivity contribution in [3.05, 3.63) is 47.7 Å². The number of rotatable bonds is 4. The third-order valence-electron chi connectivity index (χ3n) is 3.16. The van der Waals surface area contributed by atoms with Crippen molar-refractivity contribution >= 4 is 5.82 Å². The van der Waals surface area contributed by atoms with E-state index in [1.54, 1.807) is 6.20 Å². The summed E-state index contributed by atoms with van der Waals surface area (Å²) in [4.78, 5) is 0. The summed E-state index contributed by atoms with van der Waals surface area (Å²) in [5.41, 5.74) is 8.53. The largest absolute Gasteiger partial charge is 0.384 e. The molecule has 3 nitrogen and oxygen atoms in total. The minimum Gasteiger partial charge on any atom is -0.384 e. The molecule has 0 saturated carbocycles. The fraction of sp³-hybridized carbons (Fsp3) is 0.357. The molecule has 2 rings (SSSR count). The van der Waals surface area contributed by atoms with Crippen molar-refractivity contribution in [1.29, 1.82) is 0 Å². The van der Waals surface area contributed by atoms with Gasteiger partial charge in [0.2, 0.25) is 0 Å². The van der Waals surface area contributed by atoms with E-state index in [2.05, 4.69) is 43.2 Å². The monoisotopic (exact) mass is 229 g/mol. The molecule has 0 aliphatic carbocycles. The first-order valence-corrected chi connectivity index (χ1v) is 6.14. The van der Waals surface area contributed by atoms with Crippen LogP contribution in [0.1, 0.15) is 37.4 Å². The highest BCUT2D eigenvalue weighted by Gasteiger charge is 2.13. The van der Waals surface area contributed by atoms with Crippen LogP contribution in [0.4, 0.5) is 5.82 Å². The van der Waals surface area contributed by atoms with Crippen LogP contribution in [0.3, 0.4) is 0 Å². The van der Waals surface area contributed by atoms with Gasteiger partial charge in [-0.3, -0.25) is 0 Å². The molecule has 0 radical (unpaired) electrons. The summed E-state index contributed by atoms with van der Waals surface area (Å²) in [7, 11) is 0. The molecule has 0 spiro atoms. The molecular formula is C14H19N3. The third kappa shape index (κ3) is 2.33. The van der Waals surface area contributed by atoms with Crippen LogP contribution in [-0.4, -0.2) is 9.78 Å². The first-order valence-electron chi connectivity index (χ1n) is 6.14. The van der Waals surface area contributed by atoms with E-state index in [0.29, 0.717) is 0 Å². The van der Waals surface area contributed by atoms with Crippen LogP contribution in [-0.2, 0) is 6.42 Å². The average molecular weight is 229 g/mol. The second-order valence-corrected chi connectivity index (χ2v) is 4.22. The number of benzene rings is 1. The molecular weight excluding hydrogens is 210 g/mol. The van der Waals surface area contributed by atoms with Crippen molar-refractivity contribution in [1.82, 2.24) is 9.78 Å². The number of nitrogen functional groups attached to an aromatic ring is 1. The summed E-state index contributed by atoms with van der Waals surface area (Å²) in [6.45, 7) is 4.32. The predicted molar refractivity (Wildman–Crippen MR) is 70.9 cm³/mol. The molecule has 0 aliphatic heterocycles. The minimum atomic E-state index is 0.232. The molecule has 2 aromatic rings. The van der Waals surface area contributed by atoms with Gasteiger partial charge >= 0.3 is 0 Å². The number of hydrogen-bond donors (Lipinski definition) is 1. The molecule has 1 atom stereocenters. The number of nitrogens with zero attached hydrogens (tertiary/aromatic N) is 2. The first-order chi connectivity index (χ1) is 8.26. The molecule has 0 fully saturated rings. The van der Waals surface area contributed by atoms with Gasteiger partial charge < -0.3 is 5.73 Å². The van der Waals surface area contributed by atoms with Crippen molar-refractivity contribution in [2.45, 2.75) is 32.7 Å². The van der Waals surface area contributed by atoms with Gasteiger partial charge in [0.05, 0.1) is 12.2 Å². The van der Waals surface area contributed by atoms with Crippen LogP contribution in [0.15, 0.2) is 36.5 Å². The van der Waals surface area contributed by atoms with Crippen LogP contribution in [0.5, 0.6) is 0 Å². The molecule has 1 heterocycles. The Kier molecular flexibility index (Phi) is 3.47. The molecule has 90 valence electrons. The number of aromatic nitrogens is 2. The Morgan fingerprint density at radius 2 is 1.88 bits per heavy atom. The fourth-order valence-electron chi connectivity index (χ4n) is 2.11. The second kappa shape index (κ2) is 5.04. The Balaban J connectivity index is 2.32. The van der Waals surface area contributed by atoms with Gasteiger partial charge in [-0.1, -0.05) is 38.1 Å². The predicted octanol–water partition coefficient (Wildman–Crippen LogP) is 3.03. The molecule has 0 aliphatic rings. The smallest absolute Gasteiger partial charge is 0.122 e. The summed E-state index contributed by atoms with van der Waals surface area (Å²) in [6.07, 6.45) is 3.80. The zero-order valence-corrected chi connectivity index (χ0v) is 10.4. The van der Waals surface area contributed by atoms with Gasteiger partial charge in [0.25, 0.3) is 0 Å². The van der Waals surface area contributed by atoms with Gasteiger partial charge in [-0.25, -0.2) is 4.68 Å². The minimum absolute atomic E-state index is 0.232. The highest BCUT2D eigenvalue weighted by molar-refractivity contribution is 5.31. The van der Waals surface area contributed by atoms with Gasteiger partial charge in [-0.05, 0) is 30.0 Å². The number of anilines is 1. The molecule has 0 bridgehead atoms. The third-order valence-corrected chi connectivity index (χ3v) is 3.16. The van der Waals surface area contributed by atoms with E-state index in [9.17, 15) is 0 Å². The second-order valence-electron chi connectivity index (χ2n) is 4.22. The van der Waals surface area contributed by atoms with Crippen LogP contribution < -0.4 is 5.73 Å². The maximum atomic E-state index is 5.91. The number of hydrogen-bond acceptors (Lipinski definition) is 2. The zero-order chi connectivity index (χ0) is 12.3. The van der Waals surface area contributed by atoms with Crippen LogP contribution >= 0.6 is 0 Å². The SMILES string of the molecule is CCc1ccc(C(CC)n2nccc2N)cc1. The first kappa shape index (κ1) is 11.7. The van der Waals surface area contributed by atoms with E-state index in [1.807, 2.05) is 10.7 Å². The zero-order valence-electron chi connectivity index (χ0n) is 10.4. The van der Waals surface area contributed by atoms with Gasteiger partial charge in [0, 0.05) is 0 Å². The molecule has 3 heteroatoms. The lowest BCUT2D eigenvalue weighted by atomic mass is 10.0. The number of aryl methyl sites for hydroxylation is 1. The molecule has 0 saturated heterocycles. The van der Waals surface area contributed by atoms with Crippen molar-refractivity contribution in [3.8, 4) is 0 Å². The van der Waals surface area contributed by atoms with Crippen LogP contribution in [0.25, 0.3) is 0 Å². The molecule has 2 N–H and O–H groups in total. The van der Waals surface area contributed by atoms with E-state index >= 15 is 0 Å². The van der Waals surface area contributed by atoms with E-state index in [4.69, 9.17) is 5.73 Å². The van der Waals surface area contributed by atoms with Crippen molar-refractivity contribution < 1.29 is 0 Å². The molecule has 1 unspecified atom stereocenters. The van der Waals surface area contributed by atoms with Crippen LogP contribution in [0.2, 0.25) is 0 Å². The summed E-state index contributed by atoms with van der Waals surface area (Å²) in [5.74, 6) is 0.719. The Hall–Kier alpha value is -1.77. The quantitative estimate of drug-likeness (QED) is 0.875. The maximum absolute atomic E-state index is 5.91. The normalized spacial score (nSPS) is 12.6. The summed E-state index contributed by atoms with van der Waals surface area (Å²) >= 11 is 0. The van der Waals surface area contributed by atoms with E-state index in [1.165, 1.54) is 11.1 Å². The standard InChI is InChI=1S/C14H19N3/c1-3-11-5-7-12(8-6-11)13(4-2)17-14(15)9-10-16-17/h5-10,13H,3-4,15H2,1-2H3.